The van der Waals surface area contributed by atoms with E-state index in [1.807, 2.05) is 30.3 Å². The number of carbonyl (C=O) groups excluding carboxylic acids is 1. The first-order valence-corrected chi connectivity index (χ1v) is 5.62. The van der Waals surface area contributed by atoms with Crippen LogP contribution in [0.1, 0.15) is 32.3 Å². The molecular weight excluding hydrogens is 200 g/mol. The van der Waals surface area contributed by atoms with Crippen LogP contribution >= 0.6 is 0 Å². The second kappa shape index (κ2) is 4.12. The van der Waals surface area contributed by atoms with E-state index in [-0.39, 0.29) is 11.4 Å². The smallest absolute Gasteiger partial charge is 0.312 e. The maximum Gasteiger partial charge on any atom is 0.312 e. The summed E-state index contributed by atoms with van der Waals surface area (Å²) in [7, 11) is 0. The van der Waals surface area contributed by atoms with Crippen molar-refractivity contribution in [1.29, 1.82) is 0 Å². The van der Waals surface area contributed by atoms with E-state index in [4.69, 9.17) is 4.74 Å². The standard InChI is InChI=1S/C14H16O2/c1-3-14(2)9-12(16-13(15)10-14)11-7-5-4-6-8-11/h4-9H,3,10H2,1-2H3/t14-/m0/s1. The molecule has 0 amide bonds. The topological polar surface area (TPSA) is 26.3 Å². The van der Waals surface area contributed by atoms with Gasteiger partial charge in [-0.05, 0) is 17.9 Å². The van der Waals surface area contributed by atoms with Gasteiger partial charge in [-0.3, -0.25) is 4.79 Å². The highest BCUT2D eigenvalue weighted by Gasteiger charge is 2.30. The van der Waals surface area contributed by atoms with Crippen LogP contribution in [-0.4, -0.2) is 5.97 Å². The zero-order valence-corrected chi connectivity index (χ0v) is 9.69. The van der Waals surface area contributed by atoms with Gasteiger partial charge in [-0.1, -0.05) is 44.2 Å². The van der Waals surface area contributed by atoms with Crippen LogP contribution in [0.4, 0.5) is 0 Å². The third-order valence-electron chi connectivity index (χ3n) is 3.12. The number of benzene rings is 1. The second-order valence-corrected chi connectivity index (χ2v) is 4.53. The van der Waals surface area contributed by atoms with Crippen LogP contribution in [0.3, 0.4) is 0 Å². The fraction of sp³-hybridized carbons (Fsp3) is 0.357. The lowest BCUT2D eigenvalue weighted by Gasteiger charge is -2.29. The molecule has 1 aliphatic heterocycles. The zero-order chi connectivity index (χ0) is 11.6. The summed E-state index contributed by atoms with van der Waals surface area (Å²) in [4.78, 5) is 11.6. The summed E-state index contributed by atoms with van der Waals surface area (Å²) >= 11 is 0. The van der Waals surface area contributed by atoms with Crippen molar-refractivity contribution in [2.75, 3.05) is 0 Å². The van der Waals surface area contributed by atoms with Crippen molar-refractivity contribution >= 4 is 11.7 Å². The van der Waals surface area contributed by atoms with Crippen molar-refractivity contribution < 1.29 is 9.53 Å². The van der Waals surface area contributed by atoms with Crippen molar-refractivity contribution in [3.8, 4) is 0 Å². The number of cyclic esters (lactones) is 1. The maximum absolute atomic E-state index is 11.6. The van der Waals surface area contributed by atoms with E-state index in [9.17, 15) is 4.79 Å². The van der Waals surface area contributed by atoms with Gasteiger partial charge < -0.3 is 4.74 Å². The molecule has 0 N–H and O–H groups in total. The van der Waals surface area contributed by atoms with Gasteiger partial charge in [0.25, 0.3) is 0 Å². The van der Waals surface area contributed by atoms with Crippen LogP contribution in [0.25, 0.3) is 5.76 Å². The van der Waals surface area contributed by atoms with E-state index >= 15 is 0 Å². The van der Waals surface area contributed by atoms with Gasteiger partial charge in [0.2, 0.25) is 0 Å². The lowest BCUT2D eigenvalue weighted by Crippen LogP contribution is -2.24. The van der Waals surface area contributed by atoms with E-state index in [2.05, 4.69) is 19.9 Å². The van der Waals surface area contributed by atoms with Crippen LogP contribution in [-0.2, 0) is 9.53 Å². The monoisotopic (exact) mass is 216 g/mol. The Morgan fingerprint density at radius 2 is 2.00 bits per heavy atom. The number of ether oxygens (including phenoxy) is 1. The van der Waals surface area contributed by atoms with Gasteiger partial charge in [0.15, 0.2) is 0 Å². The highest BCUT2D eigenvalue weighted by Crippen LogP contribution is 2.36. The molecule has 0 spiro atoms. The summed E-state index contributed by atoms with van der Waals surface area (Å²) in [6.45, 7) is 4.19. The normalized spacial score (nSPS) is 24.9. The van der Waals surface area contributed by atoms with Crippen molar-refractivity contribution in [3.63, 3.8) is 0 Å². The van der Waals surface area contributed by atoms with Gasteiger partial charge in [0.1, 0.15) is 5.76 Å². The summed E-state index contributed by atoms with van der Waals surface area (Å²) < 4.78 is 5.29. The Morgan fingerprint density at radius 3 is 2.62 bits per heavy atom. The molecule has 16 heavy (non-hydrogen) atoms. The summed E-state index contributed by atoms with van der Waals surface area (Å²) in [6, 6.07) is 9.76. The van der Waals surface area contributed by atoms with Gasteiger partial charge in [-0.25, -0.2) is 0 Å². The quantitative estimate of drug-likeness (QED) is 0.708. The highest BCUT2D eigenvalue weighted by atomic mass is 16.5. The molecule has 84 valence electrons. The Balaban J connectivity index is 2.38. The van der Waals surface area contributed by atoms with Crippen molar-refractivity contribution in [1.82, 2.24) is 0 Å². The number of rotatable bonds is 2. The fourth-order valence-corrected chi connectivity index (χ4v) is 1.86. The lowest BCUT2D eigenvalue weighted by molar-refractivity contribution is -0.139. The Bertz CT molecular complexity index is 420. The third kappa shape index (κ3) is 2.16. The van der Waals surface area contributed by atoms with Crippen LogP contribution < -0.4 is 0 Å². The van der Waals surface area contributed by atoms with Crippen molar-refractivity contribution in [3.05, 3.63) is 42.0 Å². The van der Waals surface area contributed by atoms with Crippen molar-refractivity contribution in [2.24, 2.45) is 5.41 Å². The molecule has 2 rings (SSSR count). The zero-order valence-electron chi connectivity index (χ0n) is 9.69. The van der Waals surface area contributed by atoms with Crippen LogP contribution in [0.15, 0.2) is 36.4 Å². The Morgan fingerprint density at radius 1 is 1.31 bits per heavy atom. The van der Waals surface area contributed by atoms with Crippen LogP contribution in [0, 0.1) is 5.41 Å². The number of allylic oxidation sites excluding steroid dienone is 1. The largest absolute Gasteiger partial charge is 0.426 e. The number of hydrogen-bond donors (Lipinski definition) is 0. The van der Waals surface area contributed by atoms with E-state index < -0.39 is 0 Å². The molecular formula is C14H16O2. The molecule has 0 saturated carbocycles. The molecule has 1 heterocycles. The highest BCUT2D eigenvalue weighted by molar-refractivity contribution is 5.81. The molecule has 0 unspecified atom stereocenters. The molecule has 2 heteroatoms. The van der Waals surface area contributed by atoms with Gasteiger partial charge in [-0.15, -0.1) is 0 Å². The maximum atomic E-state index is 11.6. The first kappa shape index (κ1) is 10.9. The predicted molar refractivity (Wildman–Crippen MR) is 63.5 cm³/mol. The third-order valence-corrected chi connectivity index (χ3v) is 3.12. The first-order valence-electron chi connectivity index (χ1n) is 5.62. The Labute approximate surface area is 95.9 Å². The minimum atomic E-state index is -0.134. The molecule has 0 fully saturated rings. The lowest BCUT2D eigenvalue weighted by atomic mass is 9.81. The van der Waals surface area contributed by atoms with E-state index in [1.165, 1.54) is 0 Å². The van der Waals surface area contributed by atoms with Gasteiger partial charge in [0, 0.05) is 5.56 Å². The summed E-state index contributed by atoms with van der Waals surface area (Å²) in [6.07, 6.45) is 3.49. The summed E-state index contributed by atoms with van der Waals surface area (Å²) in [5.74, 6) is 0.562. The molecule has 0 saturated heterocycles. The average Bonchev–Trinajstić information content (AvgIpc) is 2.29. The van der Waals surface area contributed by atoms with Crippen LogP contribution in [0.2, 0.25) is 0 Å². The average molecular weight is 216 g/mol. The Kier molecular flexibility index (Phi) is 2.82. The number of hydrogen-bond acceptors (Lipinski definition) is 2. The number of carbonyl (C=O) groups is 1. The molecule has 1 aromatic rings. The minimum absolute atomic E-state index is 0.0689. The van der Waals surface area contributed by atoms with Crippen LogP contribution in [0.5, 0.6) is 0 Å². The van der Waals surface area contributed by atoms with E-state index in [1.54, 1.807) is 0 Å². The molecule has 1 aliphatic rings. The summed E-state index contributed by atoms with van der Waals surface area (Å²) in [5.41, 5.74) is 0.899. The second-order valence-electron chi connectivity index (χ2n) is 4.53. The SMILES string of the molecule is CC[C@@]1(C)C=C(c2ccccc2)OC(=O)C1. The van der Waals surface area contributed by atoms with Crippen molar-refractivity contribution in [2.45, 2.75) is 26.7 Å². The summed E-state index contributed by atoms with van der Waals surface area (Å²) in [5, 5.41) is 0. The van der Waals surface area contributed by atoms with Gasteiger partial charge in [-0.2, -0.15) is 0 Å². The predicted octanol–water partition coefficient (Wildman–Crippen LogP) is 3.39. The van der Waals surface area contributed by atoms with E-state index in [0.29, 0.717) is 12.2 Å². The molecule has 2 nitrogen and oxygen atoms in total. The molecule has 0 radical (unpaired) electrons. The number of esters is 1. The van der Waals surface area contributed by atoms with E-state index in [0.717, 1.165) is 12.0 Å². The molecule has 0 bridgehead atoms. The molecule has 0 aromatic heterocycles. The fourth-order valence-electron chi connectivity index (χ4n) is 1.86. The molecule has 1 aromatic carbocycles. The molecule has 1 atom stereocenters. The van der Waals surface area contributed by atoms with Gasteiger partial charge >= 0.3 is 5.97 Å². The minimum Gasteiger partial charge on any atom is -0.426 e. The molecule has 0 aliphatic carbocycles. The first-order chi connectivity index (χ1) is 7.63. The Hall–Kier alpha value is -1.57. The van der Waals surface area contributed by atoms with Gasteiger partial charge in [0.05, 0.1) is 6.42 Å².